The highest BCUT2D eigenvalue weighted by molar-refractivity contribution is 7.17. The molecule has 3 rings (SSSR count). The van der Waals surface area contributed by atoms with Crippen molar-refractivity contribution in [3.63, 3.8) is 0 Å². The Morgan fingerprint density at radius 1 is 1.12 bits per heavy atom. The normalized spacial score (nSPS) is 10.7. The quantitative estimate of drug-likeness (QED) is 0.772. The van der Waals surface area contributed by atoms with Gasteiger partial charge in [0, 0.05) is 22.0 Å². The second-order valence-corrected chi connectivity index (χ2v) is 6.29. The molecule has 24 heavy (non-hydrogen) atoms. The average molecular weight is 342 g/mol. The van der Waals surface area contributed by atoms with E-state index in [9.17, 15) is 4.79 Å². The number of thiophene rings is 1. The van der Waals surface area contributed by atoms with Crippen molar-refractivity contribution in [1.82, 2.24) is 4.98 Å². The fraction of sp³-hybridized carbons (Fsp3) is 0.222. The molecule has 6 heteroatoms. The lowest BCUT2D eigenvalue weighted by molar-refractivity contribution is 0.102. The summed E-state index contributed by atoms with van der Waals surface area (Å²) in [5.74, 6) is 0.912. The van der Waals surface area contributed by atoms with Crippen LogP contribution in [0.4, 0.5) is 5.69 Å². The van der Waals surface area contributed by atoms with Crippen molar-refractivity contribution >= 4 is 33.1 Å². The molecule has 124 valence electrons. The summed E-state index contributed by atoms with van der Waals surface area (Å²) in [5, 5.41) is 5.87. The predicted octanol–water partition coefficient (Wildman–Crippen LogP) is 4.18. The van der Waals surface area contributed by atoms with E-state index in [2.05, 4.69) is 10.3 Å². The van der Waals surface area contributed by atoms with Crippen LogP contribution >= 0.6 is 11.3 Å². The van der Waals surface area contributed by atoms with Gasteiger partial charge < -0.3 is 14.8 Å². The monoisotopic (exact) mass is 342 g/mol. The molecule has 0 aliphatic rings. The molecule has 1 N–H and O–H groups in total. The van der Waals surface area contributed by atoms with E-state index in [1.807, 2.05) is 25.3 Å². The van der Waals surface area contributed by atoms with Crippen LogP contribution in [0.2, 0.25) is 0 Å². The van der Waals surface area contributed by atoms with Crippen LogP contribution in [-0.4, -0.2) is 25.1 Å². The summed E-state index contributed by atoms with van der Waals surface area (Å²) < 4.78 is 10.4. The minimum atomic E-state index is -0.198. The van der Waals surface area contributed by atoms with Gasteiger partial charge in [-0.1, -0.05) is 0 Å². The number of ether oxygens (including phenoxy) is 2. The van der Waals surface area contributed by atoms with Gasteiger partial charge in [-0.25, -0.2) is 4.98 Å². The maximum absolute atomic E-state index is 12.6. The number of carbonyl (C=O) groups excluding carboxylic acids is 1. The van der Waals surface area contributed by atoms with Crippen molar-refractivity contribution in [2.24, 2.45) is 0 Å². The number of pyridine rings is 1. The molecule has 0 bridgehead atoms. The largest absolute Gasteiger partial charge is 0.493 e. The van der Waals surface area contributed by atoms with Crippen LogP contribution in [0.5, 0.6) is 11.5 Å². The van der Waals surface area contributed by atoms with Crippen LogP contribution in [0.1, 0.15) is 21.6 Å². The summed E-state index contributed by atoms with van der Waals surface area (Å²) in [6, 6.07) is 7.11. The lowest BCUT2D eigenvalue weighted by Crippen LogP contribution is -2.12. The number of aryl methyl sites for hydroxylation is 2. The van der Waals surface area contributed by atoms with Gasteiger partial charge in [-0.2, -0.15) is 0 Å². The average Bonchev–Trinajstić information content (AvgIpc) is 2.96. The molecule has 2 heterocycles. The van der Waals surface area contributed by atoms with Gasteiger partial charge >= 0.3 is 0 Å². The molecule has 0 spiro atoms. The maximum atomic E-state index is 12.6. The molecule has 0 aliphatic carbocycles. The van der Waals surface area contributed by atoms with Gasteiger partial charge in [-0.05, 0) is 43.7 Å². The van der Waals surface area contributed by atoms with Gasteiger partial charge in [0.2, 0.25) is 0 Å². The van der Waals surface area contributed by atoms with E-state index in [1.165, 1.54) is 11.3 Å². The first-order valence-corrected chi connectivity index (χ1v) is 8.30. The van der Waals surface area contributed by atoms with Gasteiger partial charge in [0.1, 0.15) is 4.83 Å². The molecular weight excluding hydrogens is 324 g/mol. The molecule has 1 amide bonds. The van der Waals surface area contributed by atoms with Crippen LogP contribution in [0.15, 0.2) is 29.6 Å². The standard InChI is InChI=1S/C18H18N2O3S/c1-10-7-11(2)19-18-16(10)13(9-24-18)20-17(21)12-5-6-14(22-3)15(8-12)23-4/h5-9H,1-4H3,(H,20,21). The fourth-order valence-corrected chi connectivity index (χ4v) is 3.64. The zero-order chi connectivity index (χ0) is 17.3. The minimum absolute atomic E-state index is 0.198. The number of nitrogens with one attached hydrogen (secondary N) is 1. The summed E-state index contributed by atoms with van der Waals surface area (Å²) in [6.07, 6.45) is 0. The molecule has 0 unspecified atom stereocenters. The number of hydrogen-bond acceptors (Lipinski definition) is 5. The van der Waals surface area contributed by atoms with E-state index < -0.39 is 0 Å². The molecule has 0 atom stereocenters. The van der Waals surface area contributed by atoms with Crippen molar-refractivity contribution in [1.29, 1.82) is 0 Å². The molecule has 0 saturated carbocycles. The first kappa shape index (κ1) is 16.3. The molecule has 0 fully saturated rings. The number of aromatic nitrogens is 1. The Hall–Kier alpha value is -2.60. The van der Waals surface area contributed by atoms with Crippen molar-refractivity contribution in [3.05, 3.63) is 46.5 Å². The van der Waals surface area contributed by atoms with E-state index >= 15 is 0 Å². The molecule has 0 saturated heterocycles. The number of nitrogens with zero attached hydrogens (tertiary/aromatic N) is 1. The van der Waals surface area contributed by atoms with Gasteiger partial charge in [0.15, 0.2) is 11.5 Å². The van der Waals surface area contributed by atoms with Gasteiger partial charge in [-0.15, -0.1) is 11.3 Å². The zero-order valence-electron chi connectivity index (χ0n) is 14.0. The predicted molar refractivity (Wildman–Crippen MR) is 96.6 cm³/mol. The number of amides is 1. The van der Waals surface area contributed by atoms with Crippen LogP contribution in [-0.2, 0) is 0 Å². The number of carbonyl (C=O) groups is 1. The first-order valence-electron chi connectivity index (χ1n) is 7.42. The van der Waals surface area contributed by atoms with Gasteiger partial charge in [-0.3, -0.25) is 4.79 Å². The topological polar surface area (TPSA) is 60.5 Å². The van der Waals surface area contributed by atoms with E-state index in [1.54, 1.807) is 32.4 Å². The van der Waals surface area contributed by atoms with Crippen molar-refractivity contribution in [2.45, 2.75) is 13.8 Å². The first-order chi connectivity index (χ1) is 11.5. The van der Waals surface area contributed by atoms with Crippen LogP contribution < -0.4 is 14.8 Å². The number of fused-ring (bicyclic) bond motifs is 1. The lowest BCUT2D eigenvalue weighted by Gasteiger charge is -2.10. The number of rotatable bonds is 4. The zero-order valence-corrected chi connectivity index (χ0v) is 14.8. The highest BCUT2D eigenvalue weighted by Gasteiger charge is 2.15. The highest BCUT2D eigenvalue weighted by atomic mass is 32.1. The Kier molecular flexibility index (Phi) is 4.40. The Bertz CT molecular complexity index is 918. The van der Waals surface area contributed by atoms with Gasteiger partial charge in [0.05, 0.1) is 19.9 Å². The summed E-state index contributed by atoms with van der Waals surface area (Å²) in [5.41, 5.74) is 3.35. The molecule has 2 aromatic heterocycles. The van der Waals surface area contributed by atoms with Crippen LogP contribution in [0, 0.1) is 13.8 Å². The summed E-state index contributed by atoms with van der Waals surface area (Å²) in [7, 11) is 3.11. The van der Waals surface area contributed by atoms with Gasteiger partial charge in [0.25, 0.3) is 5.91 Å². The van der Waals surface area contributed by atoms with E-state index in [0.717, 1.165) is 27.2 Å². The number of hydrogen-bond donors (Lipinski definition) is 1. The summed E-state index contributed by atoms with van der Waals surface area (Å²) in [4.78, 5) is 18.0. The Morgan fingerprint density at radius 3 is 2.58 bits per heavy atom. The fourth-order valence-electron chi connectivity index (χ4n) is 2.65. The number of benzene rings is 1. The third-order valence-corrected chi connectivity index (χ3v) is 4.64. The lowest BCUT2D eigenvalue weighted by atomic mass is 10.1. The SMILES string of the molecule is COc1ccc(C(=O)Nc2csc3nc(C)cc(C)c23)cc1OC. The highest BCUT2D eigenvalue weighted by Crippen LogP contribution is 2.33. The van der Waals surface area contributed by atoms with E-state index in [0.29, 0.717) is 17.1 Å². The minimum Gasteiger partial charge on any atom is -0.493 e. The van der Waals surface area contributed by atoms with Crippen LogP contribution in [0.25, 0.3) is 10.2 Å². The Labute approximate surface area is 144 Å². The molecule has 1 aromatic carbocycles. The third-order valence-electron chi connectivity index (χ3n) is 3.76. The van der Waals surface area contributed by atoms with Crippen molar-refractivity contribution in [2.75, 3.05) is 19.5 Å². The number of methoxy groups -OCH3 is 2. The molecule has 0 radical (unpaired) electrons. The second-order valence-electron chi connectivity index (χ2n) is 5.43. The van der Waals surface area contributed by atoms with E-state index in [4.69, 9.17) is 9.47 Å². The third kappa shape index (κ3) is 2.92. The van der Waals surface area contributed by atoms with Crippen LogP contribution in [0.3, 0.4) is 0 Å². The number of anilines is 1. The Balaban J connectivity index is 1.93. The second kappa shape index (κ2) is 6.49. The maximum Gasteiger partial charge on any atom is 0.255 e. The summed E-state index contributed by atoms with van der Waals surface area (Å²) >= 11 is 1.52. The summed E-state index contributed by atoms with van der Waals surface area (Å²) in [6.45, 7) is 3.99. The van der Waals surface area contributed by atoms with Crippen molar-refractivity contribution < 1.29 is 14.3 Å². The molecule has 3 aromatic rings. The smallest absolute Gasteiger partial charge is 0.255 e. The Morgan fingerprint density at radius 2 is 1.88 bits per heavy atom. The molecular formula is C18H18N2O3S. The molecule has 5 nitrogen and oxygen atoms in total. The molecule has 0 aliphatic heterocycles. The van der Waals surface area contributed by atoms with Crippen molar-refractivity contribution in [3.8, 4) is 11.5 Å². The van der Waals surface area contributed by atoms with E-state index in [-0.39, 0.29) is 5.91 Å².